The molecule has 0 saturated carbocycles. The Bertz CT molecular complexity index is 3460. The van der Waals surface area contributed by atoms with Crippen LogP contribution in [0, 0.1) is 0 Å². The van der Waals surface area contributed by atoms with E-state index in [-0.39, 0.29) is 6.17 Å². The van der Waals surface area contributed by atoms with Crippen LogP contribution in [0.5, 0.6) is 0 Å². The van der Waals surface area contributed by atoms with Gasteiger partial charge in [-0.2, -0.15) is 0 Å². The van der Waals surface area contributed by atoms with Crippen LogP contribution in [0.15, 0.2) is 190 Å². The fourth-order valence-electron chi connectivity index (χ4n) is 8.65. The van der Waals surface area contributed by atoms with Crippen molar-refractivity contribution in [2.24, 2.45) is 9.98 Å². The maximum Gasteiger partial charge on any atom is 0.160 e. The van der Waals surface area contributed by atoms with Gasteiger partial charge in [-0.25, -0.2) is 9.98 Å². The predicted molar refractivity (Wildman–Crippen MR) is 236 cm³/mol. The van der Waals surface area contributed by atoms with E-state index in [1.165, 1.54) is 58.1 Å². The smallest absolute Gasteiger partial charge is 0.160 e. The second-order valence-electron chi connectivity index (χ2n) is 14.5. The lowest BCUT2D eigenvalue weighted by molar-refractivity contribution is 0.669. The molecule has 2 aromatic heterocycles. The Kier molecular flexibility index (Phi) is 6.83. The van der Waals surface area contributed by atoms with E-state index in [2.05, 4.69) is 163 Å². The molecule has 0 aliphatic carbocycles. The lowest BCUT2D eigenvalue weighted by atomic mass is 9.96. The third-order valence-electron chi connectivity index (χ3n) is 11.3. The second kappa shape index (κ2) is 12.2. The molecule has 0 radical (unpaired) electrons. The van der Waals surface area contributed by atoms with Gasteiger partial charge in [-0.3, -0.25) is 0 Å². The van der Waals surface area contributed by atoms with Crippen LogP contribution in [0.3, 0.4) is 0 Å². The van der Waals surface area contributed by atoms with Gasteiger partial charge in [-0.1, -0.05) is 146 Å². The normalized spacial score (nSPS) is 14.6. The summed E-state index contributed by atoms with van der Waals surface area (Å²) >= 11 is 1.85. The van der Waals surface area contributed by atoms with Crippen molar-refractivity contribution >= 4 is 97.4 Å². The van der Waals surface area contributed by atoms with Crippen molar-refractivity contribution < 1.29 is 4.42 Å². The van der Waals surface area contributed by atoms with E-state index >= 15 is 0 Å². The molecule has 4 nitrogen and oxygen atoms in total. The Balaban J connectivity index is 1.06. The predicted octanol–water partition coefficient (Wildman–Crippen LogP) is 13.6. The number of para-hydroxylation sites is 1. The van der Waals surface area contributed by atoms with Crippen LogP contribution in [0.2, 0.25) is 0 Å². The summed E-state index contributed by atoms with van der Waals surface area (Å²) in [4.78, 5) is 10.6. The van der Waals surface area contributed by atoms with Crippen LogP contribution in [-0.4, -0.2) is 11.7 Å². The number of aliphatic imine (C=N–C) groups is 2. The zero-order chi connectivity index (χ0) is 36.7. The Morgan fingerprint density at radius 2 is 1.18 bits per heavy atom. The summed E-state index contributed by atoms with van der Waals surface area (Å²) in [5.41, 5.74) is 6.94. The summed E-state index contributed by atoms with van der Waals surface area (Å²) in [6.45, 7) is 0. The van der Waals surface area contributed by atoms with Crippen molar-refractivity contribution in [2.75, 3.05) is 0 Å². The first kappa shape index (κ1) is 31.3. The fraction of sp³-hybridized carbons (Fsp3) is 0.0196. The molecular weight excluding hydrogens is 703 g/mol. The Morgan fingerprint density at radius 3 is 2.07 bits per heavy atom. The van der Waals surface area contributed by atoms with Crippen molar-refractivity contribution in [2.45, 2.75) is 6.17 Å². The van der Waals surface area contributed by atoms with Crippen LogP contribution in [0.4, 0.5) is 0 Å². The van der Waals surface area contributed by atoms with Gasteiger partial charge in [0.2, 0.25) is 0 Å². The standard InChI is InChI=1S/C51H31N3OS/c1-2-12-32(13-3-1)49-52-50(35-26-25-31-24-23-30-11-6-7-16-36(30)41(31)28-35)54-51(53-49)40-20-9-21-43-46(40)39-19-8-18-38(48(39)55-43)37-17-10-22-44-47(37)42-27-33-14-4-5-15-34(33)29-45(42)56-44/h1-29,50H,(H,52,53,54). The second-order valence-corrected chi connectivity index (χ2v) is 15.6. The molecule has 12 rings (SSSR count). The molecule has 1 aliphatic rings. The first-order valence-corrected chi connectivity index (χ1v) is 19.7. The number of hydrogen-bond acceptors (Lipinski definition) is 5. The summed E-state index contributed by atoms with van der Waals surface area (Å²) in [6, 6.07) is 62.6. The molecule has 1 aliphatic heterocycles. The van der Waals surface area contributed by atoms with Gasteiger partial charge in [0, 0.05) is 47.6 Å². The number of hydrogen-bond donors (Lipinski definition) is 1. The molecule has 0 spiro atoms. The minimum absolute atomic E-state index is 0.356. The van der Waals surface area contributed by atoms with Gasteiger partial charge >= 0.3 is 0 Å². The van der Waals surface area contributed by atoms with Crippen molar-refractivity contribution in [1.29, 1.82) is 0 Å². The van der Waals surface area contributed by atoms with Crippen molar-refractivity contribution in [3.8, 4) is 11.1 Å². The van der Waals surface area contributed by atoms with Gasteiger partial charge < -0.3 is 9.73 Å². The van der Waals surface area contributed by atoms with Crippen LogP contribution in [-0.2, 0) is 0 Å². The van der Waals surface area contributed by atoms with Gasteiger partial charge in [0.15, 0.2) is 5.84 Å². The highest BCUT2D eigenvalue weighted by molar-refractivity contribution is 7.26. The maximum atomic E-state index is 6.87. The zero-order valence-corrected chi connectivity index (χ0v) is 30.8. The highest BCUT2D eigenvalue weighted by Crippen LogP contribution is 2.45. The number of rotatable bonds is 4. The number of nitrogens with one attached hydrogen (secondary N) is 1. The molecule has 1 atom stereocenters. The Labute approximate surface area is 325 Å². The number of benzene rings is 9. The van der Waals surface area contributed by atoms with E-state index in [0.29, 0.717) is 5.84 Å². The number of furan rings is 1. The van der Waals surface area contributed by atoms with Crippen molar-refractivity contribution in [1.82, 2.24) is 5.32 Å². The SMILES string of the molecule is c1ccc(C2=NC(c3cccc4oc5c(-c6cccc7sc8cc9ccccc9cc8c67)cccc5c34)=NC(c3ccc4ccc5ccccc5c4c3)N2)cc1. The van der Waals surface area contributed by atoms with E-state index in [0.717, 1.165) is 50.0 Å². The van der Waals surface area contributed by atoms with Crippen molar-refractivity contribution in [3.05, 3.63) is 193 Å². The van der Waals surface area contributed by atoms with E-state index in [9.17, 15) is 0 Å². The molecule has 0 saturated heterocycles. The minimum atomic E-state index is -0.356. The molecule has 56 heavy (non-hydrogen) atoms. The fourth-order valence-corrected chi connectivity index (χ4v) is 9.82. The molecule has 3 heterocycles. The monoisotopic (exact) mass is 733 g/mol. The van der Waals surface area contributed by atoms with Crippen LogP contribution in [0.25, 0.3) is 85.6 Å². The van der Waals surface area contributed by atoms with Gasteiger partial charge in [0.1, 0.15) is 23.2 Å². The third-order valence-corrected chi connectivity index (χ3v) is 12.4. The zero-order valence-electron chi connectivity index (χ0n) is 30.0. The number of nitrogens with zero attached hydrogens (tertiary/aromatic N) is 2. The van der Waals surface area contributed by atoms with E-state index in [4.69, 9.17) is 14.4 Å². The topological polar surface area (TPSA) is 49.9 Å². The molecule has 5 heteroatoms. The summed E-state index contributed by atoms with van der Waals surface area (Å²) in [5.74, 6) is 1.45. The highest BCUT2D eigenvalue weighted by Gasteiger charge is 2.25. The first-order chi connectivity index (χ1) is 27.7. The Morgan fingerprint density at radius 1 is 0.482 bits per heavy atom. The first-order valence-electron chi connectivity index (χ1n) is 18.9. The maximum absolute atomic E-state index is 6.87. The summed E-state index contributed by atoms with van der Waals surface area (Å²) in [7, 11) is 0. The van der Waals surface area contributed by atoms with E-state index < -0.39 is 0 Å². The molecular formula is C51H31N3OS. The van der Waals surface area contributed by atoms with E-state index in [1.54, 1.807) is 0 Å². The quantitative estimate of drug-likeness (QED) is 0.183. The molecule has 0 fully saturated rings. The van der Waals surface area contributed by atoms with Crippen molar-refractivity contribution in [3.63, 3.8) is 0 Å². The minimum Gasteiger partial charge on any atom is -0.455 e. The van der Waals surface area contributed by atoms with Gasteiger partial charge in [0.05, 0.1) is 0 Å². The van der Waals surface area contributed by atoms with Crippen LogP contribution < -0.4 is 5.32 Å². The summed E-state index contributed by atoms with van der Waals surface area (Å²) < 4.78 is 9.43. The molecule has 0 bridgehead atoms. The van der Waals surface area contributed by atoms with Gasteiger partial charge in [-0.15, -0.1) is 11.3 Å². The highest BCUT2D eigenvalue weighted by atomic mass is 32.1. The molecule has 1 unspecified atom stereocenters. The van der Waals surface area contributed by atoms with Crippen LogP contribution in [0.1, 0.15) is 22.9 Å². The van der Waals surface area contributed by atoms with Crippen LogP contribution >= 0.6 is 11.3 Å². The largest absolute Gasteiger partial charge is 0.455 e. The summed E-state index contributed by atoms with van der Waals surface area (Å²) in [6.07, 6.45) is -0.356. The molecule has 9 aromatic carbocycles. The number of amidine groups is 2. The van der Waals surface area contributed by atoms with Gasteiger partial charge in [-0.05, 0) is 73.8 Å². The van der Waals surface area contributed by atoms with Gasteiger partial charge in [0.25, 0.3) is 0 Å². The Hall–Kier alpha value is -7.08. The van der Waals surface area contributed by atoms with E-state index in [1.807, 2.05) is 29.5 Å². The third kappa shape index (κ3) is 4.84. The molecule has 262 valence electrons. The summed E-state index contributed by atoms with van der Waals surface area (Å²) in [5, 5.41) is 15.6. The molecule has 1 N–H and O–H groups in total. The lowest BCUT2D eigenvalue weighted by Crippen LogP contribution is -2.33. The number of thiophene rings is 1. The molecule has 11 aromatic rings. The lowest BCUT2D eigenvalue weighted by Gasteiger charge is -2.24. The molecule has 0 amide bonds. The number of fused-ring (bicyclic) bond motifs is 10. The average molecular weight is 734 g/mol. The average Bonchev–Trinajstić information content (AvgIpc) is 3.83.